The van der Waals surface area contributed by atoms with Crippen LogP contribution in [0.5, 0.6) is 0 Å². The Morgan fingerprint density at radius 1 is 1.07 bits per heavy atom. The van der Waals surface area contributed by atoms with Gasteiger partial charge in [0.15, 0.2) is 0 Å². The van der Waals surface area contributed by atoms with E-state index < -0.39 is 29.3 Å². The highest BCUT2D eigenvalue weighted by atomic mass is 19.4. The number of carbonyl (C=O) groups is 1. The van der Waals surface area contributed by atoms with Crippen LogP contribution in [0.4, 0.5) is 27.6 Å². The quantitative estimate of drug-likeness (QED) is 0.739. The van der Waals surface area contributed by atoms with Gasteiger partial charge in [-0.3, -0.25) is 9.69 Å². The minimum Gasteiger partial charge on any atom is -0.322 e. The van der Waals surface area contributed by atoms with Crippen molar-refractivity contribution in [3.63, 3.8) is 0 Å². The van der Waals surface area contributed by atoms with Gasteiger partial charge in [0.2, 0.25) is 5.91 Å². The van der Waals surface area contributed by atoms with E-state index in [0.29, 0.717) is 12.1 Å². The number of hydrogen-bond donors (Lipinski definition) is 1. The maximum Gasteiger partial charge on any atom is 0.416 e. The first-order valence-electron chi connectivity index (χ1n) is 8.37. The van der Waals surface area contributed by atoms with Gasteiger partial charge in [0.1, 0.15) is 11.6 Å². The fraction of sp³-hybridized carbons (Fsp3) is 0.316. The van der Waals surface area contributed by atoms with Crippen molar-refractivity contribution in [3.8, 4) is 0 Å². The van der Waals surface area contributed by atoms with Crippen LogP contribution in [0.15, 0.2) is 42.5 Å². The maximum absolute atomic E-state index is 13.6. The summed E-state index contributed by atoms with van der Waals surface area (Å²) in [5.41, 5.74) is -0.339. The molecule has 3 rings (SSSR count). The lowest BCUT2D eigenvalue weighted by Gasteiger charge is -2.22. The third-order valence-electron chi connectivity index (χ3n) is 4.28. The maximum atomic E-state index is 13.6. The molecule has 0 aromatic heterocycles. The van der Waals surface area contributed by atoms with E-state index in [4.69, 9.17) is 0 Å². The standard InChI is InChI=1S/C19H17F5N2O/c20-14-5-8-16(21)17(9-14)25-18(27)11-26(15-6-7-15)10-12-1-3-13(4-2-12)19(22,23)24/h1-5,8-9,15H,6-7,10-11H2,(H,25,27). The van der Waals surface area contributed by atoms with Gasteiger partial charge in [0.25, 0.3) is 0 Å². The van der Waals surface area contributed by atoms with Gasteiger partial charge in [-0.25, -0.2) is 8.78 Å². The summed E-state index contributed by atoms with van der Waals surface area (Å²) in [7, 11) is 0. The lowest BCUT2D eigenvalue weighted by atomic mass is 10.1. The van der Waals surface area contributed by atoms with Gasteiger partial charge in [-0.2, -0.15) is 13.2 Å². The molecule has 3 nitrogen and oxygen atoms in total. The molecule has 0 saturated heterocycles. The molecule has 144 valence electrons. The molecule has 1 fully saturated rings. The minimum atomic E-state index is -4.40. The van der Waals surface area contributed by atoms with Crippen LogP contribution in [0, 0.1) is 11.6 Å². The van der Waals surface area contributed by atoms with Crippen LogP contribution < -0.4 is 5.32 Å². The molecule has 0 atom stereocenters. The molecule has 0 bridgehead atoms. The second-order valence-electron chi connectivity index (χ2n) is 6.50. The molecule has 1 aliphatic rings. The molecule has 1 amide bonds. The Kier molecular flexibility index (Phi) is 5.46. The van der Waals surface area contributed by atoms with Crippen molar-refractivity contribution in [2.75, 3.05) is 11.9 Å². The van der Waals surface area contributed by atoms with E-state index in [9.17, 15) is 26.7 Å². The lowest BCUT2D eigenvalue weighted by Crippen LogP contribution is -2.34. The topological polar surface area (TPSA) is 32.3 Å². The summed E-state index contributed by atoms with van der Waals surface area (Å²) in [5.74, 6) is -1.93. The largest absolute Gasteiger partial charge is 0.416 e. The molecule has 2 aromatic rings. The zero-order valence-corrected chi connectivity index (χ0v) is 14.2. The zero-order valence-electron chi connectivity index (χ0n) is 14.2. The molecular formula is C19H17F5N2O. The number of amides is 1. The first-order chi connectivity index (χ1) is 12.7. The number of anilines is 1. The molecule has 1 aliphatic carbocycles. The Hall–Kier alpha value is -2.48. The molecule has 0 aliphatic heterocycles. The van der Waals surface area contributed by atoms with E-state index in [1.165, 1.54) is 12.1 Å². The fourth-order valence-corrected chi connectivity index (χ4v) is 2.75. The molecule has 1 saturated carbocycles. The van der Waals surface area contributed by atoms with Crippen molar-refractivity contribution >= 4 is 11.6 Å². The number of nitrogens with zero attached hydrogens (tertiary/aromatic N) is 1. The Morgan fingerprint density at radius 2 is 1.74 bits per heavy atom. The van der Waals surface area contributed by atoms with Gasteiger partial charge < -0.3 is 5.32 Å². The molecule has 8 heteroatoms. The Bertz CT molecular complexity index is 816. The number of rotatable bonds is 6. The van der Waals surface area contributed by atoms with Crippen LogP contribution in [0.3, 0.4) is 0 Å². The Morgan fingerprint density at radius 3 is 2.33 bits per heavy atom. The zero-order chi connectivity index (χ0) is 19.6. The van der Waals surface area contributed by atoms with Crippen molar-refractivity contribution < 1.29 is 26.7 Å². The number of nitrogens with one attached hydrogen (secondary N) is 1. The number of halogens is 5. The SMILES string of the molecule is O=C(CN(Cc1ccc(C(F)(F)F)cc1)C1CC1)Nc1cc(F)ccc1F. The molecule has 0 heterocycles. The third kappa shape index (κ3) is 5.26. The highest BCUT2D eigenvalue weighted by Crippen LogP contribution is 2.31. The summed E-state index contributed by atoms with van der Waals surface area (Å²) < 4.78 is 64.7. The van der Waals surface area contributed by atoms with Crippen LogP contribution in [-0.2, 0) is 17.5 Å². The minimum absolute atomic E-state index is 0.0678. The number of hydrogen-bond acceptors (Lipinski definition) is 2. The van der Waals surface area contributed by atoms with E-state index in [0.717, 1.165) is 43.2 Å². The predicted molar refractivity (Wildman–Crippen MR) is 89.9 cm³/mol. The average Bonchev–Trinajstić information content (AvgIpc) is 3.42. The summed E-state index contributed by atoms with van der Waals surface area (Å²) in [6.45, 7) is 0.226. The third-order valence-corrected chi connectivity index (χ3v) is 4.28. The number of alkyl halides is 3. The monoisotopic (exact) mass is 384 g/mol. The Balaban J connectivity index is 1.64. The first kappa shape index (κ1) is 19.3. The van der Waals surface area contributed by atoms with Gasteiger partial charge in [0.05, 0.1) is 17.8 Å². The van der Waals surface area contributed by atoms with E-state index >= 15 is 0 Å². The summed E-state index contributed by atoms with van der Waals surface area (Å²) >= 11 is 0. The smallest absolute Gasteiger partial charge is 0.322 e. The molecular weight excluding hydrogens is 367 g/mol. The summed E-state index contributed by atoms with van der Waals surface area (Å²) in [6.07, 6.45) is -2.64. The van der Waals surface area contributed by atoms with Crippen molar-refractivity contribution in [2.45, 2.75) is 31.6 Å². The number of benzene rings is 2. The molecule has 0 spiro atoms. The summed E-state index contributed by atoms with van der Waals surface area (Å²) in [5, 5.41) is 2.33. The van der Waals surface area contributed by atoms with Crippen LogP contribution in [-0.4, -0.2) is 23.4 Å². The second kappa shape index (κ2) is 7.64. The van der Waals surface area contributed by atoms with Crippen LogP contribution in [0.25, 0.3) is 0 Å². The van der Waals surface area contributed by atoms with Crippen molar-refractivity contribution in [1.29, 1.82) is 0 Å². The van der Waals surface area contributed by atoms with Crippen molar-refractivity contribution in [1.82, 2.24) is 4.90 Å². The molecule has 0 unspecified atom stereocenters. The molecule has 0 radical (unpaired) electrons. The fourth-order valence-electron chi connectivity index (χ4n) is 2.75. The van der Waals surface area contributed by atoms with Crippen LogP contribution in [0.1, 0.15) is 24.0 Å². The van der Waals surface area contributed by atoms with Crippen LogP contribution >= 0.6 is 0 Å². The average molecular weight is 384 g/mol. The molecule has 27 heavy (non-hydrogen) atoms. The first-order valence-corrected chi connectivity index (χ1v) is 8.37. The van der Waals surface area contributed by atoms with Crippen molar-refractivity contribution in [3.05, 3.63) is 65.2 Å². The van der Waals surface area contributed by atoms with Gasteiger partial charge in [-0.1, -0.05) is 12.1 Å². The van der Waals surface area contributed by atoms with E-state index in [1.54, 1.807) is 0 Å². The van der Waals surface area contributed by atoms with Gasteiger partial charge >= 0.3 is 6.18 Å². The van der Waals surface area contributed by atoms with E-state index in [2.05, 4.69) is 5.32 Å². The summed E-state index contributed by atoms with van der Waals surface area (Å²) in [6, 6.07) is 7.67. The predicted octanol–water partition coefficient (Wildman–Crippen LogP) is 4.59. The highest BCUT2D eigenvalue weighted by molar-refractivity contribution is 5.92. The summed E-state index contributed by atoms with van der Waals surface area (Å²) in [4.78, 5) is 14.0. The van der Waals surface area contributed by atoms with Crippen LogP contribution in [0.2, 0.25) is 0 Å². The van der Waals surface area contributed by atoms with E-state index in [-0.39, 0.29) is 18.3 Å². The van der Waals surface area contributed by atoms with Crippen molar-refractivity contribution in [2.24, 2.45) is 0 Å². The normalized spacial score (nSPS) is 14.4. The molecule has 1 N–H and O–H groups in total. The number of carbonyl (C=O) groups excluding carboxylic acids is 1. The van der Waals surface area contributed by atoms with Gasteiger partial charge in [-0.15, -0.1) is 0 Å². The lowest BCUT2D eigenvalue weighted by molar-refractivity contribution is -0.137. The van der Waals surface area contributed by atoms with Gasteiger partial charge in [-0.05, 0) is 42.7 Å². The molecule has 2 aromatic carbocycles. The van der Waals surface area contributed by atoms with E-state index in [1.807, 2.05) is 4.90 Å². The van der Waals surface area contributed by atoms with Gasteiger partial charge in [0, 0.05) is 18.7 Å². The highest BCUT2D eigenvalue weighted by Gasteiger charge is 2.32. The second-order valence-corrected chi connectivity index (χ2v) is 6.50. The Labute approximate surface area is 152 Å².